The van der Waals surface area contributed by atoms with Crippen LogP contribution in [0.1, 0.15) is 41.5 Å². The zero-order chi connectivity index (χ0) is 32.8. The third kappa shape index (κ3) is 3.82. The minimum absolute atomic E-state index is 0.291. The topological polar surface area (TPSA) is 6.48 Å². The molecule has 0 fully saturated rings. The van der Waals surface area contributed by atoms with E-state index in [1.807, 2.05) is 0 Å². The standard InChI is InChI=1S/C47H36N2S/c1-2-16-33(17-3-1)48-40-22-10-8-20-37(40)47(38-21-9-11-23-41(38)48)36-19-7-6-18-35(36)45-39(47)28-29-43-46(45)50-44-25-13-12-24-42(44)49(43)34-27-26-31-14-4-5-15-32(31)30-34/h1-13,15-25,28-31,42,44H,14,26-27H2. The lowest BCUT2D eigenvalue weighted by Gasteiger charge is -2.46. The first-order chi connectivity index (χ1) is 24.8. The highest BCUT2D eigenvalue weighted by molar-refractivity contribution is 8.00. The largest absolute Gasteiger partial charge is 0.336 e. The number of nitrogens with zero attached hydrogens (tertiary/aromatic N) is 2. The molecular formula is C47H36N2S. The van der Waals surface area contributed by atoms with Crippen LogP contribution in [0.3, 0.4) is 0 Å². The summed E-state index contributed by atoms with van der Waals surface area (Å²) < 4.78 is 0. The molecule has 2 heterocycles. The summed E-state index contributed by atoms with van der Waals surface area (Å²) in [5, 5.41) is 0.334. The predicted molar refractivity (Wildman–Crippen MR) is 209 cm³/mol. The zero-order valence-electron chi connectivity index (χ0n) is 27.7. The Morgan fingerprint density at radius 1 is 0.640 bits per heavy atom. The second kappa shape index (κ2) is 10.9. The van der Waals surface area contributed by atoms with Gasteiger partial charge in [0.1, 0.15) is 0 Å². The third-order valence-electron chi connectivity index (χ3n) is 11.8. The van der Waals surface area contributed by atoms with Gasteiger partial charge in [0.15, 0.2) is 0 Å². The fourth-order valence-corrected chi connectivity index (χ4v) is 11.2. The Kier molecular flexibility index (Phi) is 6.21. The van der Waals surface area contributed by atoms with E-state index in [0.29, 0.717) is 17.2 Å². The highest BCUT2D eigenvalue weighted by atomic mass is 32.2. The molecule has 0 saturated heterocycles. The average molecular weight is 661 g/mol. The van der Waals surface area contributed by atoms with Crippen LogP contribution in [0, 0.1) is 5.92 Å². The van der Waals surface area contributed by atoms with Crippen molar-refractivity contribution in [2.75, 3.05) is 9.80 Å². The molecule has 3 heteroatoms. The number of fused-ring (bicyclic) bond motifs is 13. The summed E-state index contributed by atoms with van der Waals surface area (Å²) in [5.41, 5.74) is 15.7. The molecule has 3 unspecified atom stereocenters. The number of para-hydroxylation sites is 3. The van der Waals surface area contributed by atoms with Gasteiger partial charge in [0.25, 0.3) is 0 Å². The predicted octanol–water partition coefficient (Wildman–Crippen LogP) is 11.8. The maximum Gasteiger partial charge on any atom is 0.0754 e. The molecule has 5 aromatic carbocycles. The van der Waals surface area contributed by atoms with Gasteiger partial charge in [-0.2, -0.15) is 0 Å². The van der Waals surface area contributed by atoms with Crippen molar-refractivity contribution in [2.45, 2.75) is 40.9 Å². The van der Waals surface area contributed by atoms with Gasteiger partial charge in [-0.3, -0.25) is 0 Å². The van der Waals surface area contributed by atoms with E-state index in [0.717, 1.165) is 12.8 Å². The van der Waals surface area contributed by atoms with E-state index in [1.165, 1.54) is 78.7 Å². The van der Waals surface area contributed by atoms with Crippen LogP contribution in [0.2, 0.25) is 0 Å². The van der Waals surface area contributed by atoms with Crippen LogP contribution in [-0.2, 0) is 5.41 Å². The molecule has 0 bridgehead atoms. The third-order valence-corrected chi connectivity index (χ3v) is 13.2. The lowest BCUT2D eigenvalue weighted by molar-refractivity contribution is 0.538. The van der Waals surface area contributed by atoms with Crippen molar-refractivity contribution in [3.05, 3.63) is 197 Å². The van der Waals surface area contributed by atoms with Gasteiger partial charge >= 0.3 is 0 Å². The first-order valence-corrected chi connectivity index (χ1v) is 18.9. The molecule has 6 aliphatic rings. The minimum Gasteiger partial charge on any atom is -0.336 e. The normalized spacial score (nSPS) is 22.8. The Balaban J connectivity index is 1.19. The molecule has 11 rings (SSSR count). The van der Waals surface area contributed by atoms with E-state index in [4.69, 9.17) is 0 Å². The van der Waals surface area contributed by atoms with E-state index in [9.17, 15) is 0 Å². The molecule has 3 atom stereocenters. The van der Waals surface area contributed by atoms with E-state index >= 15 is 0 Å². The minimum atomic E-state index is -0.444. The van der Waals surface area contributed by atoms with Crippen LogP contribution in [-0.4, -0.2) is 11.3 Å². The summed E-state index contributed by atoms with van der Waals surface area (Å²) in [6.45, 7) is 0. The summed E-state index contributed by atoms with van der Waals surface area (Å²) in [5.74, 6) is 0.647. The summed E-state index contributed by atoms with van der Waals surface area (Å²) in [4.78, 5) is 6.58. The molecule has 5 aromatic rings. The highest BCUT2D eigenvalue weighted by Crippen LogP contribution is 2.66. The first kappa shape index (κ1) is 28.6. The Morgan fingerprint density at radius 2 is 1.36 bits per heavy atom. The van der Waals surface area contributed by atoms with Gasteiger partial charge in [0.2, 0.25) is 0 Å². The quantitative estimate of drug-likeness (QED) is 0.182. The number of allylic oxidation sites excluding steroid dienone is 8. The number of rotatable bonds is 2. The summed E-state index contributed by atoms with van der Waals surface area (Å²) in [7, 11) is 0. The van der Waals surface area contributed by atoms with Gasteiger partial charge in [-0.25, -0.2) is 0 Å². The van der Waals surface area contributed by atoms with Crippen LogP contribution >= 0.6 is 11.8 Å². The van der Waals surface area contributed by atoms with Crippen molar-refractivity contribution in [2.24, 2.45) is 5.92 Å². The summed E-state index contributed by atoms with van der Waals surface area (Å²) in [6, 6.07) is 43.6. The summed E-state index contributed by atoms with van der Waals surface area (Å²) >= 11 is 2.06. The van der Waals surface area contributed by atoms with E-state index in [2.05, 4.69) is 185 Å². The molecule has 1 spiro atoms. The highest BCUT2D eigenvalue weighted by Gasteiger charge is 2.53. The van der Waals surface area contributed by atoms with Crippen LogP contribution in [0.15, 0.2) is 180 Å². The average Bonchev–Trinajstić information content (AvgIpc) is 3.48. The molecule has 4 aliphatic carbocycles. The first-order valence-electron chi connectivity index (χ1n) is 18.0. The van der Waals surface area contributed by atoms with Crippen molar-refractivity contribution in [3.8, 4) is 11.1 Å². The number of anilines is 4. The molecule has 0 amide bonds. The molecule has 0 N–H and O–H groups in total. The van der Waals surface area contributed by atoms with Crippen LogP contribution in [0.5, 0.6) is 0 Å². The Bertz CT molecular complexity index is 2330. The second-order valence-electron chi connectivity index (χ2n) is 14.3. The van der Waals surface area contributed by atoms with Crippen molar-refractivity contribution in [1.82, 2.24) is 0 Å². The number of hydrogen-bond donors (Lipinski definition) is 0. The van der Waals surface area contributed by atoms with Gasteiger partial charge in [-0.05, 0) is 95.0 Å². The summed E-state index contributed by atoms with van der Waals surface area (Å²) in [6.07, 6.45) is 22.3. The number of thioether (sulfide) groups is 1. The molecule has 240 valence electrons. The maximum absolute atomic E-state index is 2.71. The fraction of sp³-hybridized carbons (Fsp3) is 0.149. The van der Waals surface area contributed by atoms with E-state index < -0.39 is 5.41 Å². The smallest absolute Gasteiger partial charge is 0.0754 e. The molecular weight excluding hydrogens is 625 g/mol. The maximum atomic E-state index is 2.71. The number of benzene rings is 5. The van der Waals surface area contributed by atoms with Crippen LogP contribution in [0.4, 0.5) is 22.7 Å². The molecule has 0 saturated carbocycles. The van der Waals surface area contributed by atoms with Crippen molar-refractivity contribution in [1.29, 1.82) is 0 Å². The number of hydrogen-bond acceptors (Lipinski definition) is 3. The SMILES string of the molecule is C1=CCC2CCC(N3c4ccc5c(c4SC4C=CC=CC43)-c3ccccc3C53c4ccccc4N(c4ccccc4)c4ccccc43)=CC2=C1. The van der Waals surface area contributed by atoms with Gasteiger partial charge in [-0.15, -0.1) is 11.8 Å². The second-order valence-corrected chi connectivity index (χ2v) is 15.4. The van der Waals surface area contributed by atoms with Crippen molar-refractivity contribution < 1.29 is 0 Å². The lowest BCUT2D eigenvalue weighted by atomic mass is 9.64. The fourth-order valence-electron chi connectivity index (χ4n) is 9.80. The Morgan fingerprint density at radius 3 is 2.18 bits per heavy atom. The molecule has 0 aromatic heterocycles. The van der Waals surface area contributed by atoms with Crippen LogP contribution in [0.25, 0.3) is 11.1 Å². The molecule has 0 radical (unpaired) electrons. The monoisotopic (exact) mass is 660 g/mol. The zero-order valence-corrected chi connectivity index (χ0v) is 28.6. The van der Waals surface area contributed by atoms with Gasteiger partial charge in [0, 0.05) is 21.8 Å². The lowest BCUT2D eigenvalue weighted by Crippen LogP contribution is -2.44. The van der Waals surface area contributed by atoms with Crippen LogP contribution < -0.4 is 9.80 Å². The van der Waals surface area contributed by atoms with E-state index in [-0.39, 0.29) is 0 Å². The van der Waals surface area contributed by atoms with Gasteiger partial charge < -0.3 is 9.80 Å². The van der Waals surface area contributed by atoms with E-state index in [1.54, 1.807) is 0 Å². The molecule has 2 nitrogen and oxygen atoms in total. The van der Waals surface area contributed by atoms with Gasteiger partial charge in [0.05, 0.1) is 33.8 Å². The van der Waals surface area contributed by atoms with Crippen molar-refractivity contribution >= 4 is 34.5 Å². The van der Waals surface area contributed by atoms with Gasteiger partial charge in [-0.1, -0.05) is 127 Å². The Labute approximate surface area is 298 Å². The van der Waals surface area contributed by atoms with Crippen molar-refractivity contribution in [3.63, 3.8) is 0 Å². The molecule has 2 aliphatic heterocycles. The Hall–Kier alpha value is -5.25. The molecule has 50 heavy (non-hydrogen) atoms.